The van der Waals surface area contributed by atoms with Crippen LogP contribution in [0.4, 0.5) is 8.78 Å². The molecule has 0 N–H and O–H groups in total. The summed E-state index contributed by atoms with van der Waals surface area (Å²) in [5.74, 6) is -4.33. The second kappa shape index (κ2) is 6.22. The maximum atomic E-state index is 13.5. The molecule has 2 saturated heterocycles. The number of hydrogen-bond acceptors (Lipinski definition) is 5. The number of carbonyl (C=O) groups is 2. The predicted molar refractivity (Wildman–Crippen MR) is 80.6 cm³/mol. The first-order chi connectivity index (χ1) is 11.2. The highest BCUT2D eigenvalue weighted by molar-refractivity contribution is 6.04. The van der Waals surface area contributed by atoms with Crippen molar-refractivity contribution >= 4 is 11.9 Å². The lowest BCUT2D eigenvalue weighted by Gasteiger charge is -2.49. The van der Waals surface area contributed by atoms with Crippen LogP contribution in [0.15, 0.2) is 0 Å². The van der Waals surface area contributed by atoms with Crippen LogP contribution in [0.3, 0.4) is 0 Å². The first-order valence-electron chi connectivity index (χ1n) is 8.44. The lowest BCUT2D eigenvalue weighted by molar-refractivity contribution is -0.209. The maximum Gasteiger partial charge on any atom is 0.322 e. The van der Waals surface area contributed by atoms with Gasteiger partial charge in [-0.1, -0.05) is 0 Å². The molecule has 0 aromatic heterocycles. The van der Waals surface area contributed by atoms with Crippen LogP contribution < -0.4 is 0 Å². The topological polar surface area (TPSA) is 59.1 Å². The Hall–Kier alpha value is -1.28. The van der Waals surface area contributed by atoms with Crippen molar-refractivity contribution in [2.24, 2.45) is 5.41 Å². The highest BCUT2D eigenvalue weighted by Crippen LogP contribution is 2.54. The second-order valence-corrected chi connectivity index (χ2v) is 7.26. The van der Waals surface area contributed by atoms with E-state index in [0.717, 1.165) is 6.54 Å². The van der Waals surface area contributed by atoms with Gasteiger partial charge in [0.2, 0.25) is 5.91 Å². The molecule has 6 nitrogen and oxygen atoms in total. The van der Waals surface area contributed by atoms with E-state index in [1.807, 2.05) is 0 Å². The third-order valence-corrected chi connectivity index (χ3v) is 4.99. The summed E-state index contributed by atoms with van der Waals surface area (Å²) in [7, 11) is 0. The summed E-state index contributed by atoms with van der Waals surface area (Å²) in [6.07, 6.45) is -1.96. The minimum absolute atomic E-state index is 0.0650. The molecule has 0 radical (unpaired) electrons. The van der Waals surface area contributed by atoms with E-state index in [1.54, 1.807) is 13.8 Å². The van der Waals surface area contributed by atoms with E-state index in [2.05, 4.69) is 4.90 Å². The van der Waals surface area contributed by atoms with Gasteiger partial charge in [-0.15, -0.1) is 0 Å². The number of nitrogens with zero attached hydrogens (tertiary/aromatic N) is 2. The maximum absolute atomic E-state index is 13.5. The molecule has 1 aliphatic carbocycles. The second-order valence-electron chi connectivity index (χ2n) is 7.26. The molecule has 1 saturated carbocycles. The molecule has 0 aromatic rings. The van der Waals surface area contributed by atoms with Gasteiger partial charge >= 0.3 is 5.97 Å². The number of morpholine rings is 1. The zero-order valence-corrected chi connectivity index (χ0v) is 14.1. The highest BCUT2D eigenvalue weighted by Gasteiger charge is 2.67. The molecule has 0 aromatic carbocycles. The van der Waals surface area contributed by atoms with E-state index in [4.69, 9.17) is 9.47 Å². The van der Waals surface area contributed by atoms with Gasteiger partial charge in [0.15, 0.2) is 5.41 Å². The molecule has 0 unspecified atom stereocenters. The number of esters is 1. The first-order valence-corrected chi connectivity index (χ1v) is 8.44. The van der Waals surface area contributed by atoms with Gasteiger partial charge in [0.05, 0.1) is 25.4 Å². The molecule has 0 spiro atoms. The molecule has 1 amide bonds. The summed E-state index contributed by atoms with van der Waals surface area (Å²) < 4.78 is 37.6. The molecule has 1 atom stereocenters. The van der Waals surface area contributed by atoms with Gasteiger partial charge in [-0.3, -0.25) is 14.5 Å². The summed E-state index contributed by atoms with van der Waals surface area (Å²) >= 11 is 0. The number of ether oxygens (including phenoxy) is 2. The van der Waals surface area contributed by atoms with Crippen LogP contribution in [0.5, 0.6) is 0 Å². The standard InChI is InChI=1S/C16H24F2N2O4/c1-11(2)24-14(22)15(9-16(17,18)10-15)13(21)20-4-3-19-5-6-23-8-12(19)7-20/h11-12H,3-10H2,1-2H3/t12-/m0/s1. The predicted octanol–water partition coefficient (Wildman–Crippen LogP) is 0.897. The molecule has 8 heteroatoms. The van der Waals surface area contributed by atoms with Gasteiger partial charge in [0.1, 0.15) is 0 Å². The number of alkyl halides is 2. The lowest BCUT2D eigenvalue weighted by atomic mass is 9.64. The van der Waals surface area contributed by atoms with Gasteiger partial charge in [0, 0.05) is 39.0 Å². The summed E-state index contributed by atoms with van der Waals surface area (Å²) in [5.41, 5.74) is -1.73. The molecule has 2 aliphatic heterocycles. The van der Waals surface area contributed by atoms with Crippen LogP contribution in [0.1, 0.15) is 26.7 Å². The first kappa shape index (κ1) is 17.5. The van der Waals surface area contributed by atoms with E-state index in [1.165, 1.54) is 4.90 Å². The van der Waals surface area contributed by atoms with Gasteiger partial charge in [-0.2, -0.15) is 0 Å². The Morgan fingerprint density at radius 3 is 2.54 bits per heavy atom. The van der Waals surface area contributed by atoms with Crippen LogP contribution in [-0.2, 0) is 19.1 Å². The zero-order valence-electron chi connectivity index (χ0n) is 14.1. The van der Waals surface area contributed by atoms with Crippen molar-refractivity contribution in [3.05, 3.63) is 0 Å². The average Bonchev–Trinajstić information content (AvgIpc) is 2.50. The van der Waals surface area contributed by atoms with E-state index >= 15 is 0 Å². The minimum Gasteiger partial charge on any atom is -0.462 e. The molecule has 3 fully saturated rings. The lowest BCUT2D eigenvalue weighted by Crippen LogP contribution is -2.65. The highest BCUT2D eigenvalue weighted by atomic mass is 19.3. The Morgan fingerprint density at radius 1 is 1.21 bits per heavy atom. The number of hydrogen-bond donors (Lipinski definition) is 0. The molecular weight excluding hydrogens is 322 g/mol. The van der Waals surface area contributed by atoms with Crippen molar-refractivity contribution in [3.8, 4) is 0 Å². The smallest absolute Gasteiger partial charge is 0.322 e. The SMILES string of the molecule is CC(C)OC(=O)C1(C(=O)N2CCN3CCOC[C@@H]3C2)CC(F)(F)C1. The summed E-state index contributed by atoms with van der Waals surface area (Å²) in [4.78, 5) is 29.1. The number of piperazine rings is 1. The Labute approximate surface area is 140 Å². The van der Waals surface area contributed by atoms with Crippen molar-refractivity contribution in [2.45, 2.75) is 44.8 Å². The molecule has 136 valence electrons. The fourth-order valence-corrected chi connectivity index (χ4v) is 3.77. The normalized spacial score (nSPS) is 28.9. The van der Waals surface area contributed by atoms with Crippen molar-refractivity contribution in [1.82, 2.24) is 9.80 Å². The van der Waals surface area contributed by atoms with Gasteiger partial charge < -0.3 is 14.4 Å². The number of carbonyl (C=O) groups excluding carboxylic acids is 2. The van der Waals surface area contributed by atoms with E-state index in [9.17, 15) is 18.4 Å². The van der Waals surface area contributed by atoms with Crippen LogP contribution in [-0.4, -0.2) is 79.1 Å². The quantitative estimate of drug-likeness (QED) is 0.561. The Bertz CT molecular complexity index is 518. The molecule has 24 heavy (non-hydrogen) atoms. The van der Waals surface area contributed by atoms with E-state index in [-0.39, 0.29) is 6.04 Å². The van der Waals surface area contributed by atoms with Gasteiger partial charge in [0.25, 0.3) is 5.92 Å². The summed E-state index contributed by atoms with van der Waals surface area (Å²) in [5, 5.41) is 0. The number of amides is 1. The number of rotatable bonds is 3. The molecule has 3 rings (SSSR count). The van der Waals surface area contributed by atoms with Crippen molar-refractivity contribution < 1.29 is 27.8 Å². The average molecular weight is 346 g/mol. The summed E-state index contributed by atoms with van der Waals surface area (Å²) in [6.45, 7) is 6.80. The summed E-state index contributed by atoms with van der Waals surface area (Å²) in [6, 6.07) is 0.0650. The molecule has 2 heterocycles. The Balaban J connectivity index is 1.73. The van der Waals surface area contributed by atoms with E-state index in [0.29, 0.717) is 32.8 Å². The Morgan fingerprint density at radius 2 is 1.92 bits per heavy atom. The third-order valence-electron chi connectivity index (χ3n) is 4.99. The number of fused-ring (bicyclic) bond motifs is 1. The molecular formula is C16H24F2N2O4. The van der Waals surface area contributed by atoms with Crippen LogP contribution in [0, 0.1) is 5.41 Å². The van der Waals surface area contributed by atoms with Crippen molar-refractivity contribution in [1.29, 1.82) is 0 Å². The van der Waals surface area contributed by atoms with E-state index < -0.39 is 42.2 Å². The fraction of sp³-hybridized carbons (Fsp3) is 0.875. The van der Waals surface area contributed by atoms with Crippen LogP contribution >= 0.6 is 0 Å². The monoisotopic (exact) mass is 346 g/mol. The minimum atomic E-state index is -2.98. The fourth-order valence-electron chi connectivity index (χ4n) is 3.77. The third kappa shape index (κ3) is 3.13. The van der Waals surface area contributed by atoms with Crippen LogP contribution in [0.2, 0.25) is 0 Å². The molecule has 0 bridgehead atoms. The number of halogens is 2. The van der Waals surface area contributed by atoms with Gasteiger partial charge in [-0.05, 0) is 13.8 Å². The largest absolute Gasteiger partial charge is 0.462 e. The van der Waals surface area contributed by atoms with Crippen molar-refractivity contribution in [3.63, 3.8) is 0 Å². The Kier molecular flexibility index (Phi) is 4.55. The van der Waals surface area contributed by atoms with Crippen molar-refractivity contribution in [2.75, 3.05) is 39.4 Å². The molecule has 3 aliphatic rings. The van der Waals surface area contributed by atoms with Crippen LogP contribution in [0.25, 0.3) is 0 Å². The van der Waals surface area contributed by atoms with Gasteiger partial charge in [-0.25, -0.2) is 8.78 Å². The zero-order chi connectivity index (χ0) is 17.5.